The van der Waals surface area contributed by atoms with E-state index in [1.807, 2.05) is 29.2 Å². The summed E-state index contributed by atoms with van der Waals surface area (Å²) in [7, 11) is 3.33. The molecule has 1 saturated heterocycles. The van der Waals surface area contributed by atoms with Crippen LogP contribution in [0.25, 0.3) is 0 Å². The first-order chi connectivity index (χ1) is 14.6. The van der Waals surface area contributed by atoms with Gasteiger partial charge in [-0.3, -0.25) is 4.79 Å². The van der Waals surface area contributed by atoms with E-state index in [1.165, 1.54) is 16.0 Å². The molecule has 1 heterocycles. The molecule has 0 spiro atoms. The molecule has 0 radical (unpaired) electrons. The zero-order valence-corrected chi connectivity index (χ0v) is 18.4. The van der Waals surface area contributed by atoms with Crippen molar-refractivity contribution in [3.63, 3.8) is 0 Å². The van der Waals surface area contributed by atoms with Crippen molar-refractivity contribution in [1.29, 1.82) is 0 Å². The monoisotopic (exact) mass is 413 g/mol. The second-order valence-electron chi connectivity index (χ2n) is 7.94. The molecule has 1 fully saturated rings. The average Bonchev–Trinajstić information content (AvgIpc) is 2.79. The second kappa shape index (κ2) is 11.0. The fourth-order valence-electron chi connectivity index (χ4n) is 4.10. The molecule has 0 saturated carbocycles. The van der Waals surface area contributed by atoms with Gasteiger partial charge in [0.25, 0.3) is 5.91 Å². The number of rotatable bonds is 9. The summed E-state index contributed by atoms with van der Waals surface area (Å²) in [6.45, 7) is 9.25. The van der Waals surface area contributed by atoms with Crippen molar-refractivity contribution >= 4 is 5.91 Å². The molecule has 0 aliphatic carbocycles. The molecule has 6 nitrogen and oxygen atoms in total. The number of nitrogens with zero attached hydrogens (tertiary/aromatic N) is 1. The zero-order chi connectivity index (χ0) is 21.3. The predicted molar refractivity (Wildman–Crippen MR) is 117 cm³/mol. The Morgan fingerprint density at radius 1 is 0.900 bits per heavy atom. The number of carbonyl (C=O) groups is 1. The Bertz CT molecular complexity index is 805. The van der Waals surface area contributed by atoms with E-state index < -0.39 is 0 Å². The number of piperazine rings is 1. The largest absolute Gasteiger partial charge is 0.493 e. The third-order valence-corrected chi connectivity index (χ3v) is 5.92. The first-order valence-electron chi connectivity index (χ1n) is 10.8. The average molecular weight is 414 g/mol. The molecule has 1 aliphatic rings. The molecule has 1 aliphatic heterocycles. The van der Waals surface area contributed by atoms with E-state index in [2.05, 4.69) is 31.2 Å². The van der Waals surface area contributed by atoms with E-state index in [-0.39, 0.29) is 5.91 Å². The van der Waals surface area contributed by atoms with Crippen molar-refractivity contribution in [2.24, 2.45) is 0 Å². The van der Waals surface area contributed by atoms with E-state index in [0.717, 1.165) is 50.8 Å². The Labute approximate surface area is 180 Å². The number of likely N-dealkylation sites (N-methyl/N-ethyl adjacent to an activating group) is 1. The van der Waals surface area contributed by atoms with Crippen LogP contribution in [0.2, 0.25) is 0 Å². The van der Waals surface area contributed by atoms with Gasteiger partial charge >= 0.3 is 0 Å². The van der Waals surface area contributed by atoms with Crippen LogP contribution in [0.15, 0.2) is 48.5 Å². The molecule has 30 heavy (non-hydrogen) atoms. The molecule has 0 bridgehead atoms. The normalized spacial score (nSPS) is 18.6. The van der Waals surface area contributed by atoms with Crippen LogP contribution < -0.4 is 19.3 Å². The van der Waals surface area contributed by atoms with Crippen LogP contribution in [0.1, 0.15) is 18.1 Å². The van der Waals surface area contributed by atoms with Gasteiger partial charge < -0.3 is 24.2 Å². The predicted octanol–water partition coefficient (Wildman–Crippen LogP) is 0.0359. The quantitative estimate of drug-likeness (QED) is 0.610. The number of hydrogen-bond acceptors (Lipinski definition) is 3. The second-order valence-corrected chi connectivity index (χ2v) is 7.94. The van der Waals surface area contributed by atoms with E-state index in [9.17, 15) is 4.79 Å². The number of methoxy groups -OCH3 is 2. The van der Waals surface area contributed by atoms with Gasteiger partial charge in [0.1, 0.15) is 32.7 Å². The summed E-state index contributed by atoms with van der Waals surface area (Å²) in [6, 6.07) is 16.4. The van der Waals surface area contributed by atoms with Gasteiger partial charge in [0.15, 0.2) is 18.0 Å². The number of ether oxygens (including phenoxy) is 2. The van der Waals surface area contributed by atoms with Crippen molar-refractivity contribution in [2.75, 3.05) is 53.5 Å². The number of carbonyl (C=O) groups excluding carboxylic acids is 1. The van der Waals surface area contributed by atoms with E-state index >= 15 is 0 Å². The van der Waals surface area contributed by atoms with Crippen molar-refractivity contribution in [1.82, 2.24) is 4.90 Å². The summed E-state index contributed by atoms with van der Waals surface area (Å²) in [5.74, 6) is 1.79. The molecule has 2 aromatic carbocycles. The Hall–Kier alpha value is -2.57. The highest BCUT2D eigenvalue weighted by Crippen LogP contribution is 2.27. The van der Waals surface area contributed by atoms with Crippen LogP contribution >= 0.6 is 0 Å². The maximum atomic E-state index is 12.8. The smallest absolute Gasteiger partial charge is 0.278 e. The number of amides is 1. The molecule has 2 aromatic rings. The Morgan fingerprint density at radius 3 is 2.20 bits per heavy atom. The van der Waals surface area contributed by atoms with Gasteiger partial charge in [-0.05, 0) is 30.7 Å². The van der Waals surface area contributed by atoms with Crippen LogP contribution in [-0.4, -0.2) is 64.3 Å². The molecular weight excluding hydrogens is 378 g/mol. The van der Waals surface area contributed by atoms with Crippen LogP contribution in [0.4, 0.5) is 0 Å². The third-order valence-electron chi connectivity index (χ3n) is 5.92. The summed E-state index contributed by atoms with van der Waals surface area (Å²) in [5.41, 5.74) is 2.44. The molecule has 0 atom stereocenters. The summed E-state index contributed by atoms with van der Waals surface area (Å²) >= 11 is 0. The molecular formula is C24H35N3O3+2. The number of quaternary nitrogens is 2. The highest BCUT2D eigenvalue weighted by atomic mass is 16.5. The minimum absolute atomic E-state index is 0.250. The van der Waals surface area contributed by atoms with Gasteiger partial charge in [-0.2, -0.15) is 0 Å². The van der Waals surface area contributed by atoms with E-state index in [0.29, 0.717) is 13.1 Å². The topological polar surface area (TPSA) is 47.7 Å². The Balaban J connectivity index is 1.47. The number of hydrogen-bond donors (Lipinski definition) is 2. The van der Waals surface area contributed by atoms with E-state index in [1.54, 1.807) is 19.1 Å². The Kier molecular flexibility index (Phi) is 8.11. The van der Waals surface area contributed by atoms with Crippen LogP contribution in [0.3, 0.4) is 0 Å². The first kappa shape index (κ1) is 22.1. The van der Waals surface area contributed by atoms with Gasteiger partial charge in [-0.25, -0.2) is 0 Å². The van der Waals surface area contributed by atoms with Crippen LogP contribution in [0, 0.1) is 0 Å². The van der Waals surface area contributed by atoms with Gasteiger partial charge in [-0.15, -0.1) is 0 Å². The summed E-state index contributed by atoms with van der Waals surface area (Å²) in [5, 5.41) is 0. The standard InChI is InChI=1S/C24H33N3O3/c1-4-27(18-20-8-6-5-7-9-20)24(28)19-26-14-12-25(13-15-26)17-21-10-11-22(29-2)23(16-21)30-3/h5-11,16H,4,12-15,17-19H2,1-3H3/p+2. The molecule has 1 amide bonds. The molecule has 6 heteroatoms. The van der Waals surface area contributed by atoms with Gasteiger partial charge in [0, 0.05) is 18.7 Å². The fraction of sp³-hybridized carbons (Fsp3) is 0.458. The van der Waals surface area contributed by atoms with Crippen molar-refractivity contribution in [3.8, 4) is 11.5 Å². The lowest BCUT2D eigenvalue weighted by Gasteiger charge is -2.31. The lowest BCUT2D eigenvalue weighted by Crippen LogP contribution is -3.28. The summed E-state index contributed by atoms with van der Waals surface area (Å²) < 4.78 is 10.7. The highest BCUT2D eigenvalue weighted by molar-refractivity contribution is 5.77. The number of benzene rings is 2. The fourth-order valence-corrected chi connectivity index (χ4v) is 4.10. The minimum atomic E-state index is 0.250. The molecule has 3 rings (SSSR count). The third kappa shape index (κ3) is 5.97. The molecule has 0 unspecified atom stereocenters. The zero-order valence-electron chi connectivity index (χ0n) is 18.4. The van der Waals surface area contributed by atoms with Gasteiger partial charge in [0.2, 0.25) is 0 Å². The minimum Gasteiger partial charge on any atom is -0.493 e. The maximum absolute atomic E-state index is 12.8. The lowest BCUT2D eigenvalue weighted by molar-refractivity contribution is -1.02. The summed E-state index contributed by atoms with van der Waals surface area (Å²) in [4.78, 5) is 17.7. The van der Waals surface area contributed by atoms with Crippen molar-refractivity contribution in [2.45, 2.75) is 20.0 Å². The Morgan fingerprint density at radius 2 is 1.57 bits per heavy atom. The molecule has 2 N–H and O–H groups in total. The van der Waals surface area contributed by atoms with Crippen molar-refractivity contribution in [3.05, 3.63) is 59.7 Å². The first-order valence-corrected chi connectivity index (χ1v) is 10.8. The molecule has 0 aromatic heterocycles. The van der Waals surface area contributed by atoms with Gasteiger partial charge in [-0.1, -0.05) is 30.3 Å². The summed E-state index contributed by atoms with van der Waals surface area (Å²) in [6.07, 6.45) is 0. The number of nitrogens with one attached hydrogen (secondary N) is 2. The van der Waals surface area contributed by atoms with Crippen LogP contribution in [-0.2, 0) is 17.9 Å². The highest BCUT2D eigenvalue weighted by Gasteiger charge is 2.26. The van der Waals surface area contributed by atoms with Crippen LogP contribution in [0.5, 0.6) is 11.5 Å². The van der Waals surface area contributed by atoms with Gasteiger partial charge in [0.05, 0.1) is 14.2 Å². The van der Waals surface area contributed by atoms with E-state index in [4.69, 9.17) is 9.47 Å². The van der Waals surface area contributed by atoms with Crippen molar-refractivity contribution < 1.29 is 24.1 Å². The maximum Gasteiger partial charge on any atom is 0.278 e. The lowest BCUT2D eigenvalue weighted by atomic mass is 10.1. The molecule has 162 valence electrons. The SMILES string of the molecule is CCN(Cc1ccccc1)C(=O)C[NH+]1CC[NH+](Cc2ccc(OC)c(OC)c2)CC1.